The SMILES string of the molecule is CCOS(=O)(=O)c1ccc(C)c(CC)c1CP(=O)(O)O. The Morgan fingerprint density at radius 3 is 2.25 bits per heavy atom. The van der Waals surface area contributed by atoms with E-state index in [0.717, 1.165) is 5.56 Å². The van der Waals surface area contributed by atoms with Gasteiger partial charge in [-0.1, -0.05) is 13.0 Å². The smallest absolute Gasteiger partial charge is 0.324 e. The van der Waals surface area contributed by atoms with Crippen LogP contribution in [0.5, 0.6) is 0 Å². The first-order valence-electron chi connectivity index (χ1n) is 6.17. The summed E-state index contributed by atoms with van der Waals surface area (Å²) in [4.78, 5) is 18.2. The molecular weight excluding hydrogens is 303 g/mol. The Kier molecular flexibility index (Phi) is 5.52. The minimum atomic E-state index is -4.38. The van der Waals surface area contributed by atoms with Crippen LogP contribution in [-0.4, -0.2) is 24.8 Å². The van der Waals surface area contributed by atoms with Gasteiger partial charge in [-0.15, -0.1) is 0 Å². The highest BCUT2D eigenvalue weighted by Gasteiger charge is 2.26. The lowest BCUT2D eigenvalue weighted by molar-refractivity contribution is 0.337. The van der Waals surface area contributed by atoms with Crippen molar-refractivity contribution in [2.75, 3.05) is 6.61 Å². The van der Waals surface area contributed by atoms with E-state index in [1.807, 2.05) is 6.92 Å². The maximum Gasteiger partial charge on any atom is 0.329 e. The molecule has 1 rings (SSSR count). The third kappa shape index (κ3) is 4.14. The summed E-state index contributed by atoms with van der Waals surface area (Å²) in [5.41, 5.74) is 1.58. The predicted molar refractivity (Wildman–Crippen MR) is 75.1 cm³/mol. The Morgan fingerprint density at radius 1 is 1.20 bits per heavy atom. The monoisotopic (exact) mass is 322 g/mol. The van der Waals surface area contributed by atoms with Crippen molar-refractivity contribution in [2.24, 2.45) is 0 Å². The van der Waals surface area contributed by atoms with Gasteiger partial charge in [0.25, 0.3) is 10.1 Å². The van der Waals surface area contributed by atoms with E-state index in [-0.39, 0.29) is 17.1 Å². The van der Waals surface area contributed by atoms with Gasteiger partial charge in [-0.05, 0) is 43.0 Å². The first-order valence-corrected chi connectivity index (χ1v) is 9.38. The summed E-state index contributed by atoms with van der Waals surface area (Å²) in [5.74, 6) is 0. The number of aryl methyl sites for hydroxylation is 1. The van der Waals surface area contributed by atoms with Crippen molar-refractivity contribution in [1.82, 2.24) is 0 Å². The lowest BCUT2D eigenvalue weighted by Gasteiger charge is -2.16. The van der Waals surface area contributed by atoms with Crippen LogP contribution in [0.25, 0.3) is 0 Å². The second-order valence-electron chi connectivity index (χ2n) is 4.37. The Hall–Kier alpha value is -0.720. The van der Waals surface area contributed by atoms with Crippen LogP contribution >= 0.6 is 7.60 Å². The van der Waals surface area contributed by atoms with Crippen LogP contribution in [0, 0.1) is 6.92 Å². The molecule has 114 valence electrons. The van der Waals surface area contributed by atoms with Gasteiger partial charge in [0.15, 0.2) is 0 Å². The van der Waals surface area contributed by atoms with Gasteiger partial charge in [-0.25, -0.2) is 0 Å². The molecule has 0 aliphatic carbocycles. The van der Waals surface area contributed by atoms with Crippen molar-refractivity contribution in [3.05, 3.63) is 28.8 Å². The summed E-state index contributed by atoms with van der Waals surface area (Å²) in [6.07, 6.45) is -0.129. The van der Waals surface area contributed by atoms with Crippen LogP contribution in [0.2, 0.25) is 0 Å². The maximum absolute atomic E-state index is 12.0. The van der Waals surface area contributed by atoms with Gasteiger partial charge in [0, 0.05) is 0 Å². The van der Waals surface area contributed by atoms with E-state index < -0.39 is 23.9 Å². The van der Waals surface area contributed by atoms with E-state index in [1.54, 1.807) is 13.0 Å². The van der Waals surface area contributed by atoms with Crippen molar-refractivity contribution in [3.8, 4) is 0 Å². The lowest BCUT2D eigenvalue weighted by Crippen LogP contribution is -2.12. The molecule has 1 aromatic rings. The first-order chi connectivity index (χ1) is 9.12. The van der Waals surface area contributed by atoms with Gasteiger partial charge in [-0.3, -0.25) is 8.75 Å². The second-order valence-corrected chi connectivity index (χ2v) is 7.60. The number of benzene rings is 1. The summed E-state index contributed by atoms with van der Waals surface area (Å²) in [7, 11) is -8.39. The summed E-state index contributed by atoms with van der Waals surface area (Å²) >= 11 is 0. The molecule has 0 aliphatic heterocycles. The van der Waals surface area contributed by atoms with Crippen LogP contribution in [0.15, 0.2) is 17.0 Å². The van der Waals surface area contributed by atoms with Crippen molar-refractivity contribution in [1.29, 1.82) is 0 Å². The first kappa shape index (κ1) is 17.3. The summed E-state index contributed by atoms with van der Waals surface area (Å²) in [6.45, 7) is 5.09. The van der Waals surface area contributed by atoms with Crippen molar-refractivity contribution in [2.45, 2.75) is 38.2 Å². The van der Waals surface area contributed by atoms with Gasteiger partial charge < -0.3 is 9.79 Å². The summed E-state index contributed by atoms with van der Waals surface area (Å²) in [6, 6.07) is 2.96. The zero-order valence-corrected chi connectivity index (χ0v) is 13.4. The molecule has 6 nitrogen and oxygen atoms in total. The molecule has 1 aromatic carbocycles. The molecule has 0 radical (unpaired) electrons. The fourth-order valence-electron chi connectivity index (χ4n) is 2.11. The highest BCUT2D eigenvalue weighted by atomic mass is 32.2. The highest BCUT2D eigenvalue weighted by Crippen LogP contribution is 2.42. The van der Waals surface area contributed by atoms with E-state index >= 15 is 0 Å². The molecule has 20 heavy (non-hydrogen) atoms. The van der Waals surface area contributed by atoms with E-state index in [1.165, 1.54) is 13.0 Å². The third-order valence-electron chi connectivity index (χ3n) is 2.88. The number of hydrogen-bond donors (Lipinski definition) is 2. The molecule has 2 N–H and O–H groups in total. The van der Waals surface area contributed by atoms with Gasteiger partial charge >= 0.3 is 7.60 Å². The van der Waals surface area contributed by atoms with Gasteiger partial charge in [0.05, 0.1) is 17.7 Å². The normalized spacial score (nSPS) is 12.7. The molecule has 0 aromatic heterocycles. The Labute approximate surface area is 119 Å². The molecular formula is C12H19O6PS. The Balaban J connectivity index is 3.57. The van der Waals surface area contributed by atoms with Crippen molar-refractivity contribution < 1.29 is 27.0 Å². The molecule has 0 fully saturated rings. The molecule has 8 heteroatoms. The van der Waals surface area contributed by atoms with Gasteiger partial charge in [0.2, 0.25) is 0 Å². The number of rotatable bonds is 6. The van der Waals surface area contributed by atoms with Gasteiger partial charge in [-0.2, -0.15) is 8.42 Å². The van der Waals surface area contributed by atoms with Crippen LogP contribution in [0.1, 0.15) is 30.5 Å². The van der Waals surface area contributed by atoms with Crippen molar-refractivity contribution >= 4 is 17.7 Å². The highest BCUT2D eigenvalue weighted by molar-refractivity contribution is 7.86. The molecule has 0 bridgehead atoms. The molecule has 0 spiro atoms. The minimum Gasteiger partial charge on any atom is -0.324 e. The second kappa shape index (κ2) is 6.37. The van der Waals surface area contributed by atoms with Crippen LogP contribution in [0.3, 0.4) is 0 Å². The molecule has 0 amide bonds. The lowest BCUT2D eigenvalue weighted by atomic mass is 10.0. The maximum atomic E-state index is 12.0. The number of hydrogen-bond acceptors (Lipinski definition) is 4. The average molecular weight is 322 g/mol. The quantitative estimate of drug-likeness (QED) is 0.613. The Morgan fingerprint density at radius 2 is 1.80 bits per heavy atom. The van der Waals surface area contributed by atoms with Crippen LogP contribution in [0.4, 0.5) is 0 Å². The summed E-state index contributed by atoms with van der Waals surface area (Å²) < 4.78 is 40.1. The summed E-state index contributed by atoms with van der Waals surface area (Å²) in [5, 5.41) is 0. The topological polar surface area (TPSA) is 101 Å². The van der Waals surface area contributed by atoms with Gasteiger partial charge in [0.1, 0.15) is 0 Å². The predicted octanol–water partition coefficient (Wildman–Crippen LogP) is 1.96. The standard InChI is InChI=1S/C12H19O6PS/c1-4-10-9(3)6-7-12(20(16,17)18-5-2)11(10)8-19(13,14)15/h6-7H,4-5,8H2,1-3H3,(H2,13,14,15). The van der Waals surface area contributed by atoms with E-state index in [4.69, 9.17) is 4.18 Å². The molecule has 0 unspecified atom stereocenters. The zero-order chi connectivity index (χ0) is 15.6. The molecule has 0 saturated carbocycles. The zero-order valence-electron chi connectivity index (χ0n) is 11.7. The molecule has 0 aliphatic rings. The minimum absolute atomic E-state index is 0.0347. The fraction of sp³-hybridized carbons (Fsp3) is 0.500. The van der Waals surface area contributed by atoms with E-state index in [2.05, 4.69) is 0 Å². The van der Waals surface area contributed by atoms with Crippen LogP contribution in [-0.2, 0) is 31.4 Å². The molecule has 0 atom stereocenters. The fourth-order valence-corrected chi connectivity index (χ4v) is 4.16. The van der Waals surface area contributed by atoms with Crippen LogP contribution < -0.4 is 0 Å². The third-order valence-corrected chi connectivity index (χ3v) is 5.08. The van der Waals surface area contributed by atoms with Crippen molar-refractivity contribution in [3.63, 3.8) is 0 Å². The molecule has 0 saturated heterocycles. The largest absolute Gasteiger partial charge is 0.329 e. The Bertz CT molecular complexity index is 632. The average Bonchev–Trinajstić information content (AvgIpc) is 2.26. The van der Waals surface area contributed by atoms with E-state index in [0.29, 0.717) is 12.0 Å². The van der Waals surface area contributed by atoms with E-state index in [9.17, 15) is 22.8 Å². The molecule has 0 heterocycles.